The molecular weight excluding hydrogens is 264 g/mol. The molecule has 0 aliphatic carbocycles. The Morgan fingerprint density at radius 3 is 2.76 bits per heavy atom. The van der Waals surface area contributed by atoms with E-state index in [0.29, 0.717) is 0 Å². The summed E-state index contributed by atoms with van der Waals surface area (Å²) in [6.45, 7) is 8.31. The Balaban J connectivity index is 1.79. The van der Waals surface area contributed by atoms with Gasteiger partial charge in [-0.15, -0.1) is 0 Å². The Morgan fingerprint density at radius 2 is 2.05 bits per heavy atom. The van der Waals surface area contributed by atoms with Crippen molar-refractivity contribution in [3.05, 3.63) is 29.8 Å². The molecule has 1 saturated heterocycles. The van der Waals surface area contributed by atoms with Gasteiger partial charge in [0.25, 0.3) is 0 Å². The van der Waals surface area contributed by atoms with Crippen LogP contribution in [0, 0.1) is 0 Å². The summed E-state index contributed by atoms with van der Waals surface area (Å²) in [5, 5.41) is 3.37. The Hall–Kier alpha value is -1.52. The predicted octanol–water partition coefficient (Wildman–Crippen LogP) is 2.40. The van der Waals surface area contributed by atoms with Crippen LogP contribution >= 0.6 is 0 Å². The average molecular weight is 290 g/mol. The molecule has 4 heteroatoms. The number of hydrogen-bond acceptors (Lipinski definition) is 4. The zero-order valence-corrected chi connectivity index (χ0v) is 13.1. The highest BCUT2D eigenvalue weighted by molar-refractivity contribution is 5.55. The largest absolute Gasteiger partial charge is 0.493 e. The van der Waals surface area contributed by atoms with Gasteiger partial charge < -0.3 is 19.7 Å². The van der Waals surface area contributed by atoms with E-state index < -0.39 is 0 Å². The molecular formula is C17H26N2O2. The third-order valence-electron chi connectivity index (χ3n) is 3.63. The van der Waals surface area contributed by atoms with E-state index in [1.807, 2.05) is 31.2 Å². The van der Waals surface area contributed by atoms with E-state index in [1.54, 1.807) is 7.11 Å². The molecule has 1 heterocycles. The van der Waals surface area contributed by atoms with Crippen molar-refractivity contribution >= 4 is 6.08 Å². The molecule has 0 radical (unpaired) electrons. The molecule has 1 fully saturated rings. The number of nitrogens with one attached hydrogen (secondary N) is 1. The molecule has 0 saturated carbocycles. The number of benzene rings is 1. The van der Waals surface area contributed by atoms with Gasteiger partial charge in [0.15, 0.2) is 11.5 Å². The summed E-state index contributed by atoms with van der Waals surface area (Å²) in [5.74, 6) is 1.62. The summed E-state index contributed by atoms with van der Waals surface area (Å²) in [4.78, 5) is 2.48. The number of ether oxygens (including phenoxy) is 2. The molecule has 1 aromatic rings. The minimum absolute atomic E-state index is 0.725. The summed E-state index contributed by atoms with van der Waals surface area (Å²) < 4.78 is 11.3. The maximum Gasteiger partial charge on any atom is 0.161 e. The molecule has 0 atom stereocenters. The first-order valence-electron chi connectivity index (χ1n) is 7.70. The average Bonchev–Trinajstić information content (AvgIpc) is 2.53. The predicted molar refractivity (Wildman–Crippen MR) is 87.1 cm³/mol. The van der Waals surface area contributed by atoms with Gasteiger partial charge in [-0.05, 0) is 31.0 Å². The van der Waals surface area contributed by atoms with Crippen LogP contribution in [-0.4, -0.2) is 51.3 Å². The molecule has 1 aliphatic heterocycles. The van der Waals surface area contributed by atoms with Crippen LogP contribution in [0.5, 0.6) is 11.5 Å². The minimum atomic E-state index is 0.725. The van der Waals surface area contributed by atoms with Gasteiger partial charge in [0.05, 0.1) is 13.7 Å². The molecule has 1 N–H and O–H groups in total. The lowest BCUT2D eigenvalue weighted by molar-refractivity contribution is 0.211. The van der Waals surface area contributed by atoms with Crippen LogP contribution in [0.1, 0.15) is 18.9 Å². The number of hydrogen-bond donors (Lipinski definition) is 1. The van der Waals surface area contributed by atoms with E-state index in [0.717, 1.165) is 62.8 Å². The molecule has 1 aliphatic rings. The molecule has 4 nitrogen and oxygen atoms in total. The van der Waals surface area contributed by atoms with Gasteiger partial charge in [-0.25, -0.2) is 0 Å². The smallest absolute Gasteiger partial charge is 0.161 e. The van der Waals surface area contributed by atoms with E-state index in [9.17, 15) is 0 Å². The number of allylic oxidation sites excluding steroid dienone is 1. The minimum Gasteiger partial charge on any atom is -0.493 e. The van der Waals surface area contributed by atoms with Gasteiger partial charge in [-0.3, -0.25) is 0 Å². The third kappa shape index (κ3) is 5.06. The van der Waals surface area contributed by atoms with Gasteiger partial charge in [-0.1, -0.05) is 18.2 Å². The van der Waals surface area contributed by atoms with E-state index >= 15 is 0 Å². The second kappa shape index (κ2) is 8.70. The Bertz CT molecular complexity index is 454. The lowest BCUT2D eigenvalue weighted by Gasteiger charge is -2.27. The topological polar surface area (TPSA) is 33.7 Å². The normalized spacial score (nSPS) is 16.3. The number of piperazine rings is 1. The van der Waals surface area contributed by atoms with Gasteiger partial charge in [0, 0.05) is 32.7 Å². The van der Waals surface area contributed by atoms with E-state index in [4.69, 9.17) is 9.47 Å². The van der Waals surface area contributed by atoms with Crippen molar-refractivity contribution in [2.24, 2.45) is 0 Å². The van der Waals surface area contributed by atoms with Crippen molar-refractivity contribution < 1.29 is 9.47 Å². The lowest BCUT2D eigenvalue weighted by atomic mass is 10.2. The second-order valence-corrected chi connectivity index (χ2v) is 5.20. The summed E-state index contributed by atoms with van der Waals surface area (Å²) >= 11 is 0. The second-order valence-electron chi connectivity index (χ2n) is 5.20. The van der Waals surface area contributed by atoms with Crippen molar-refractivity contribution in [3.63, 3.8) is 0 Å². The SMILES string of the molecule is CC=Cc1ccc(OCCCN2CCNCC2)c(OC)c1. The highest BCUT2D eigenvalue weighted by Gasteiger charge is 2.09. The molecule has 0 amide bonds. The quantitative estimate of drug-likeness (QED) is 0.782. The van der Waals surface area contributed by atoms with E-state index in [-0.39, 0.29) is 0 Å². The van der Waals surface area contributed by atoms with Gasteiger partial charge in [0.2, 0.25) is 0 Å². The molecule has 1 aromatic carbocycles. The zero-order valence-electron chi connectivity index (χ0n) is 13.1. The van der Waals surface area contributed by atoms with Crippen LogP contribution in [-0.2, 0) is 0 Å². The zero-order chi connectivity index (χ0) is 14.9. The first kappa shape index (κ1) is 15.9. The highest BCUT2D eigenvalue weighted by Crippen LogP contribution is 2.28. The van der Waals surface area contributed by atoms with Gasteiger partial charge >= 0.3 is 0 Å². The van der Waals surface area contributed by atoms with Crippen LogP contribution < -0.4 is 14.8 Å². The van der Waals surface area contributed by atoms with Crippen molar-refractivity contribution in [3.8, 4) is 11.5 Å². The summed E-state index contributed by atoms with van der Waals surface area (Å²) in [6, 6.07) is 6.04. The first-order chi connectivity index (χ1) is 10.3. The van der Waals surface area contributed by atoms with Crippen LogP contribution in [0.4, 0.5) is 0 Å². The van der Waals surface area contributed by atoms with Crippen LogP contribution in [0.25, 0.3) is 6.08 Å². The Labute approximate surface area is 127 Å². The Kier molecular flexibility index (Phi) is 6.57. The maximum atomic E-state index is 5.86. The Morgan fingerprint density at radius 1 is 1.24 bits per heavy atom. The summed E-state index contributed by atoms with van der Waals surface area (Å²) in [7, 11) is 1.68. The van der Waals surface area contributed by atoms with Crippen molar-refractivity contribution in [2.45, 2.75) is 13.3 Å². The van der Waals surface area contributed by atoms with Crippen LogP contribution in [0.15, 0.2) is 24.3 Å². The number of nitrogens with zero attached hydrogens (tertiary/aromatic N) is 1. The van der Waals surface area contributed by atoms with Crippen molar-refractivity contribution in [1.29, 1.82) is 0 Å². The van der Waals surface area contributed by atoms with Crippen LogP contribution in [0.2, 0.25) is 0 Å². The molecule has 116 valence electrons. The molecule has 21 heavy (non-hydrogen) atoms. The monoisotopic (exact) mass is 290 g/mol. The fraction of sp³-hybridized carbons (Fsp3) is 0.529. The molecule has 0 aromatic heterocycles. The standard InChI is InChI=1S/C17H26N2O2/c1-3-5-15-6-7-16(17(14-15)20-2)21-13-4-10-19-11-8-18-9-12-19/h3,5-7,14,18H,4,8-13H2,1-2H3. The molecule has 2 rings (SSSR count). The van der Waals surface area contributed by atoms with Crippen molar-refractivity contribution in [1.82, 2.24) is 10.2 Å². The summed E-state index contributed by atoms with van der Waals surface area (Å²) in [5.41, 5.74) is 1.13. The van der Waals surface area contributed by atoms with Gasteiger partial charge in [0.1, 0.15) is 0 Å². The van der Waals surface area contributed by atoms with Crippen LogP contribution in [0.3, 0.4) is 0 Å². The van der Waals surface area contributed by atoms with Gasteiger partial charge in [-0.2, -0.15) is 0 Å². The molecule has 0 bridgehead atoms. The van der Waals surface area contributed by atoms with E-state index in [1.165, 1.54) is 0 Å². The molecule has 0 spiro atoms. The molecule has 0 unspecified atom stereocenters. The highest BCUT2D eigenvalue weighted by atomic mass is 16.5. The number of methoxy groups -OCH3 is 1. The fourth-order valence-electron chi connectivity index (χ4n) is 2.50. The lowest BCUT2D eigenvalue weighted by Crippen LogP contribution is -2.43. The summed E-state index contributed by atoms with van der Waals surface area (Å²) in [6.07, 6.45) is 5.11. The van der Waals surface area contributed by atoms with E-state index in [2.05, 4.69) is 16.3 Å². The van der Waals surface area contributed by atoms with Crippen molar-refractivity contribution in [2.75, 3.05) is 46.4 Å². The maximum absolute atomic E-state index is 5.86. The third-order valence-corrected chi connectivity index (χ3v) is 3.63. The fourth-order valence-corrected chi connectivity index (χ4v) is 2.50. The number of rotatable bonds is 7. The first-order valence-corrected chi connectivity index (χ1v) is 7.70.